The second-order valence-corrected chi connectivity index (χ2v) is 6.96. The van der Waals surface area contributed by atoms with Crippen molar-refractivity contribution in [2.24, 2.45) is 0 Å². The second-order valence-electron chi connectivity index (χ2n) is 6.96. The van der Waals surface area contributed by atoms with Crippen LogP contribution in [0, 0.1) is 13.8 Å². The number of para-hydroxylation sites is 1. The van der Waals surface area contributed by atoms with Gasteiger partial charge in [-0.25, -0.2) is 0 Å². The molecule has 1 aliphatic rings. The summed E-state index contributed by atoms with van der Waals surface area (Å²) >= 11 is 0. The van der Waals surface area contributed by atoms with Gasteiger partial charge < -0.3 is 9.30 Å². The zero-order chi connectivity index (χ0) is 18.1. The highest BCUT2D eigenvalue weighted by Gasteiger charge is 2.28. The topological polar surface area (TPSA) is 31.2 Å². The van der Waals surface area contributed by atoms with Gasteiger partial charge >= 0.3 is 0 Å². The first kappa shape index (κ1) is 16.6. The minimum absolute atomic E-state index is 0.0351. The van der Waals surface area contributed by atoms with Crippen LogP contribution in [0.1, 0.15) is 40.6 Å². The molecule has 0 saturated heterocycles. The zero-order valence-electron chi connectivity index (χ0n) is 15.2. The second kappa shape index (κ2) is 6.83. The number of carbonyl (C=O) groups is 1. The quantitative estimate of drug-likeness (QED) is 0.563. The van der Waals surface area contributed by atoms with Crippen molar-refractivity contribution in [2.45, 2.75) is 32.7 Å². The molecule has 1 heterocycles. The third-order valence-corrected chi connectivity index (χ3v) is 5.03. The molecule has 0 bridgehead atoms. The largest absolute Gasteiger partial charge is 0.485 e. The fraction of sp³-hybridized carbons (Fsp3) is 0.261. The molecule has 0 N–H and O–H groups in total. The Kier molecular flexibility index (Phi) is 4.37. The van der Waals surface area contributed by atoms with Gasteiger partial charge in [-0.3, -0.25) is 4.79 Å². The highest BCUT2D eigenvalue weighted by Crippen LogP contribution is 2.38. The van der Waals surface area contributed by atoms with Crippen molar-refractivity contribution >= 4 is 5.78 Å². The van der Waals surface area contributed by atoms with Crippen LogP contribution in [-0.2, 0) is 0 Å². The number of carbonyl (C=O) groups excluding carboxylic acids is 1. The van der Waals surface area contributed by atoms with E-state index in [1.54, 1.807) is 0 Å². The predicted octanol–water partition coefficient (Wildman–Crippen LogP) is 5.37. The molecule has 0 unspecified atom stereocenters. The molecule has 1 fully saturated rings. The molecule has 0 aliphatic heterocycles. The Balaban J connectivity index is 1.53. The molecule has 2 aromatic carbocycles. The molecule has 1 aliphatic carbocycles. The molecule has 26 heavy (non-hydrogen) atoms. The molecule has 3 nitrogen and oxygen atoms in total. The van der Waals surface area contributed by atoms with E-state index in [2.05, 4.69) is 11.5 Å². The molecule has 132 valence electrons. The van der Waals surface area contributed by atoms with Crippen molar-refractivity contribution < 1.29 is 9.53 Å². The smallest absolute Gasteiger partial charge is 0.202 e. The standard InChI is InChI=1S/C23H23NO2/c1-16-14-21(17(2)24(16)19-12-13-19)22(25)15-26-23-11-7-6-10-20(23)18-8-4-3-5-9-18/h3-11,14,19H,12-13,15H2,1-2H3. The zero-order valence-corrected chi connectivity index (χ0v) is 15.2. The Hall–Kier alpha value is -2.81. The summed E-state index contributed by atoms with van der Waals surface area (Å²) in [6, 6.07) is 20.5. The molecule has 1 saturated carbocycles. The van der Waals surface area contributed by atoms with Crippen LogP contribution in [0.5, 0.6) is 5.75 Å². The summed E-state index contributed by atoms with van der Waals surface area (Å²) < 4.78 is 8.23. The van der Waals surface area contributed by atoms with Crippen LogP contribution >= 0.6 is 0 Å². The third kappa shape index (κ3) is 3.17. The Morgan fingerprint density at radius 2 is 1.73 bits per heavy atom. The number of benzene rings is 2. The normalized spacial score (nSPS) is 13.6. The van der Waals surface area contributed by atoms with Crippen molar-refractivity contribution in [3.63, 3.8) is 0 Å². The molecule has 3 aromatic rings. The lowest BCUT2D eigenvalue weighted by atomic mass is 10.0. The van der Waals surface area contributed by atoms with Gasteiger partial charge in [-0.2, -0.15) is 0 Å². The monoisotopic (exact) mass is 345 g/mol. The van der Waals surface area contributed by atoms with E-state index < -0.39 is 0 Å². The minimum atomic E-state index is 0.0351. The lowest BCUT2D eigenvalue weighted by Gasteiger charge is -2.11. The van der Waals surface area contributed by atoms with E-state index in [-0.39, 0.29) is 12.4 Å². The summed E-state index contributed by atoms with van der Waals surface area (Å²) in [5, 5.41) is 0. The number of ether oxygens (including phenoxy) is 1. The number of Topliss-reactive ketones (excluding diaryl/α,β-unsaturated/α-hetero) is 1. The maximum atomic E-state index is 12.8. The van der Waals surface area contributed by atoms with Crippen molar-refractivity contribution in [3.8, 4) is 16.9 Å². The third-order valence-electron chi connectivity index (χ3n) is 5.03. The van der Waals surface area contributed by atoms with Gasteiger partial charge in [0.05, 0.1) is 0 Å². The molecule has 0 radical (unpaired) electrons. The van der Waals surface area contributed by atoms with Crippen molar-refractivity contribution in [1.82, 2.24) is 4.57 Å². The van der Waals surface area contributed by atoms with Gasteiger partial charge in [0.1, 0.15) is 5.75 Å². The van der Waals surface area contributed by atoms with Crippen molar-refractivity contribution in [1.29, 1.82) is 0 Å². The molecule has 1 aromatic heterocycles. The number of ketones is 1. The Bertz CT molecular complexity index is 936. The van der Waals surface area contributed by atoms with Crippen LogP contribution in [0.2, 0.25) is 0 Å². The lowest BCUT2D eigenvalue weighted by molar-refractivity contribution is 0.0921. The van der Waals surface area contributed by atoms with Gasteiger partial charge in [0, 0.05) is 28.6 Å². The molecule has 0 amide bonds. The summed E-state index contributed by atoms with van der Waals surface area (Å²) in [7, 11) is 0. The van der Waals surface area contributed by atoms with Gasteiger partial charge in [-0.15, -0.1) is 0 Å². The first-order chi connectivity index (χ1) is 12.6. The van der Waals surface area contributed by atoms with Gasteiger partial charge in [-0.1, -0.05) is 48.5 Å². The van der Waals surface area contributed by atoms with E-state index in [0.29, 0.717) is 6.04 Å². The fourth-order valence-corrected chi connectivity index (χ4v) is 3.62. The lowest BCUT2D eigenvalue weighted by Crippen LogP contribution is -2.13. The predicted molar refractivity (Wildman–Crippen MR) is 104 cm³/mol. The average molecular weight is 345 g/mol. The SMILES string of the molecule is Cc1cc(C(=O)COc2ccccc2-c2ccccc2)c(C)n1C1CC1. The van der Waals surface area contributed by atoms with Gasteiger partial charge in [0.2, 0.25) is 5.78 Å². The summed E-state index contributed by atoms with van der Waals surface area (Å²) in [5.41, 5.74) is 5.10. The summed E-state index contributed by atoms with van der Waals surface area (Å²) in [4.78, 5) is 12.8. The van der Waals surface area contributed by atoms with E-state index in [1.807, 2.05) is 67.6 Å². The first-order valence-corrected chi connectivity index (χ1v) is 9.14. The van der Waals surface area contributed by atoms with Crippen molar-refractivity contribution in [2.75, 3.05) is 6.61 Å². The van der Waals surface area contributed by atoms with Crippen LogP contribution in [0.4, 0.5) is 0 Å². The van der Waals surface area contributed by atoms with E-state index in [0.717, 1.165) is 33.8 Å². The molecule has 0 spiro atoms. The summed E-state index contributed by atoms with van der Waals surface area (Å²) in [6.45, 7) is 4.17. The number of hydrogen-bond acceptors (Lipinski definition) is 2. The number of rotatable bonds is 6. The van der Waals surface area contributed by atoms with Crippen LogP contribution < -0.4 is 4.74 Å². The maximum absolute atomic E-state index is 12.8. The highest BCUT2D eigenvalue weighted by atomic mass is 16.5. The highest BCUT2D eigenvalue weighted by molar-refractivity contribution is 5.98. The number of hydrogen-bond donors (Lipinski definition) is 0. The molecule has 0 atom stereocenters. The fourth-order valence-electron chi connectivity index (χ4n) is 3.62. The average Bonchev–Trinajstić information content (AvgIpc) is 3.45. The molecule has 3 heteroatoms. The van der Waals surface area contributed by atoms with E-state index in [1.165, 1.54) is 12.8 Å². The molecular weight excluding hydrogens is 322 g/mol. The van der Waals surface area contributed by atoms with Crippen LogP contribution in [-0.4, -0.2) is 17.0 Å². The Labute approximate surface area is 154 Å². The maximum Gasteiger partial charge on any atom is 0.202 e. The van der Waals surface area contributed by atoms with Gasteiger partial charge in [-0.05, 0) is 44.4 Å². The van der Waals surface area contributed by atoms with Crippen molar-refractivity contribution in [3.05, 3.63) is 77.6 Å². The van der Waals surface area contributed by atoms with E-state index in [4.69, 9.17) is 4.74 Å². The molecular formula is C23H23NO2. The van der Waals surface area contributed by atoms with Crippen LogP contribution in [0.15, 0.2) is 60.7 Å². The molecule has 4 rings (SSSR count). The summed E-state index contributed by atoms with van der Waals surface area (Å²) in [5.74, 6) is 0.774. The number of aryl methyl sites for hydroxylation is 1. The Morgan fingerprint density at radius 1 is 1.04 bits per heavy atom. The van der Waals surface area contributed by atoms with Crippen LogP contribution in [0.25, 0.3) is 11.1 Å². The van der Waals surface area contributed by atoms with Crippen LogP contribution in [0.3, 0.4) is 0 Å². The van der Waals surface area contributed by atoms with Gasteiger partial charge in [0.25, 0.3) is 0 Å². The summed E-state index contributed by atoms with van der Waals surface area (Å²) in [6.07, 6.45) is 2.43. The number of aromatic nitrogens is 1. The van der Waals surface area contributed by atoms with E-state index in [9.17, 15) is 4.79 Å². The Morgan fingerprint density at radius 3 is 2.46 bits per heavy atom. The van der Waals surface area contributed by atoms with Gasteiger partial charge in [0.15, 0.2) is 6.61 Å². The van der Waals surface area contributed by atoms with E-state index >= 15 is 0 Å². The minimum Gasteiger partial charge on any atom is -0.485 e. The first-order valence-electron chi connectivity index (χ1n) is 9.14. The number of nitrogens with zero attached hydrogens (tertiary/aromatic N) is 1.